The van der Waals surface area contributed by atoms with Crippen LogP contribution in [-0.2, 0) is 4.79 Å². The summed E-state index contributed by atoms with van der Waals surface area (Å²) in [4.78, 5) is 28.2. The van der Waals surface area contributed by atoms with E-state index in [-0.39, 0.29) is 29.0 Å². The Hall–Kier alpha value is -2.73. The summed E-state index contributed by atoms with van der Waals surface area (Å²) in [5.41, 5.74) is 4.47. The molecule has 0 bridgehead atoms. The fraction of sp³-hybridized carbons (Fsp3) is 0.650. The second kappa shape index (κ2) is 9.64. The van der Waals surface area contributed by atoms with Gasteiger partial charge < -0.3 is 20.7 Å². The fourth-order valence-corrected chi connectivity index (χ4v) is 3.21. The Morgan fingerprint density at radius 2 is 1.64 bits per heavy atom. The zero-order chi connectivity index (χ0) is 24.4. The lowest BCUT2D eigenvalue weighted by atomic mass is 10.1. The standard InChI is InChI=1S/C20H24F6N4O3/c21-19(22,23)9-30(10-20(24,25)26)15-6-5-13(29-18(15)33-8-12-3-4-12)17(32)28-14(16(27)31)7-11-1-2-11/h5-6,11-12,14H,1-4,7-10H2,(H2,27,31)(H,28,32)/t14-/m0/s1. The number of carbonyl (C=O) groups is 2. The van der Waals surface area contributed by atoms with Crippen LogP contribution in [0.2, 0.25) is 0 Å². The molecule has 2 aliphatic rings. The highest BCUT2D eigenvalue weighted by molar-refractivity contribution is 5.96. The number of nitrogens with one attached hydrogen (secondary N) is 1. The molecule has 33 heavy (non-hydrogen) atoms. The van der Waals surface area contributed by atoms with Crippen LogP contribution in [0, 0.1) is 11.8 Å². The van der Waals surface area contributed by atoms with E-state index in [2.05, 4.69) is 10.3 Å². The van der Waals surface area contributed by atoms with Crippen molar-refractivity contribution in [3.8, 4) is 5.88 Å². The quantitative estimate of drug-likeness (QED) is 0.473. The van der Waals surface area contributed by atoms with E-state index in [4.69, 9.17) is 10.5 Å². The number of nitrogens with zero attached hydrogens (tertiary/aromatic N) is 2. The number of rotatable bonds is 11. The van der Waals surface area contributed by atoms with Crippen molar-refractivity contribution in [2.45, 2.75) is 50.5 Å². The number of primary amides is 1. The van der Waals surface area contributed by atoms with Gasteiger partial charge in [0.05, 0.1) is 6.61 Å². The first kappa shape index (κ1) is 24.9. The number of pyridine rings is 1. The number of amides is 2. The molecule has 3 rings (SSSR count). The van der Waals surface area contributed by atoms with Crippen LogP contribution in [0.5, 0.6) is 5.88 Å². The number of halogens is 6. The maximum absolute atomic E-state index is 13.0. The molecular formula is C20H24F6N4O3. The Bertz CT molecular complexity index is 852. The van der Waals surface area contributed by atoms with Gasteiger partial charge in [0.2, 0.25) is 11.8 Å². The molecule has 13 heteroatoms. The van der Waals surface area contributed by atoms with Crippen LogP contribution in [-0.4, -0.2) is 54.9 Å². The van der Waals surface area contributed by atoms with Crippen molar-refractivity contribution in [3.05, 3.63) is 17.8 Å². The van der Waals surface area contributed by atoms with Gasteiger partial charge in [0.25, 0.3) is 5.91 Å². The first-order chi connectivity index (χ1) is 15.3. The van der Waals surface area contributed by atoms with Gasteiger partial charge in [-0.2, -0.15) is 26.3 Å². The molecule has 2 amide bonds. The first-order valence-electron chi connectivity index (χ1n) is 10.4. The van der Waals surface area contributed by atoms with Crippen molar-refractivity contribution in [1.82, 2.24) is 10.3 Å². The van der Waals surface area contributed by atoms with Crippen molar-refractivity contribution in [3.63, 3.8) is 0 Å². The van der Waals surface area contributed by atoms with Gasteiger partial charge in [-0.3, -0.25) is 9.59 Å². The normalized spacial score (nSPS) is 17.4. The average molecular weight is 482 g/mol. The molecule has 0 radical (unpaired) electrons. The van der Waals surface area contributed by atoms with E-state index >= 15 is 0 Å². The number of alkyl halides is 6. The highest BCUT2D eigenvalue weighted by Crippen LogP contribution is 2.36. The van der Waals surface area contributed by atoms with Gasteiger partial charge >= 0.3 is 12.4 Å². The van der Waals surface area contributed by atoms with Crippen molar-refractivity contribution in [2.75, 3.05) is 24.6 Å². The zero-order valence-electron chi connectivity index (χ0n) is 17.5. The summed E-state index contributed by atoms with van der Waals surface area (Å²) in [6.07, 6.45) is -6.08. The van der Waals surface area contributed by atoms with Crippen LogP contribution < -0.4 is 20.7 Å². The molecule has 2 fully saturated rings. The summed E-state index contributed by atoms with van der Waals surface area (Å²) < 4.78 is 83.3. The lowest BCUT2D eigenvalue weighted by Gasteiger charge is -2.28. The molecule has 0 unspecified atom stereocenters. The molecule has 184 valence electrons. The zero-order valence-corrected chi connectivity index (χ0v) is 17.5. The Morgan fingerprint density at radius 1 is 1.06 bits per heavy atom. The lowest BCUT2D eigenvalue weighted by molar-refractivity contribution is -0.137. The molecule has 3 N–H and O–H groups in total. The molecule has 7 nitrogen and oxygen atoms in total. The molecule has 2 saturated carbocycles. The van der Waals surface area contributed by atoms with Gasteiger partial charge in [-0.15, -0.1) is 0 Å². The molecule has 0 saturated heterocycles. The van der Waals surface area contributed by atoms with Crippen molar-refractivity contribution in [2.24, 2.45) is 17.6 Å². The van der Waals surface area contributed by atoms with Crippen molar-refractivity contribution in [1.29, 1.82) is 0 Å². The molecule has 1 atom stereocenters. The molecular weight excluding hydrogens is 458 g/mol. The van der Waals surface area contributed by atoms with Gasteiger partial charge in [-0.1, -0.05) is 12.8 Å². The van der Waals surface area contributed by atoms with Crippen molar-refractivity contribution >= 4 is 17.5 Å². The van der Waals surface area contributed by atoms with E-state index in [1.54, 1.807) is 0 Å². The second-order valence-corrected chi connectivity index (χ2v) is 8.47. The maximum Gasteiger partial charge on any atom is 0.405 e. The third kappa shape index (κ3) is 8.28. The molecule has 0 spiro atoms. The Morgan fingerprint density at radius 3 is 2.12 bits per heavy atom. The van der Waals surface area contributed by atoms with Crippen LogP contribution in [0.3, 0.4) is 0 Å². The third-order valence-corrected chi connectivity index (χ3v) is 5.22. The van der Waals surface area contributed by atoms with E-state index in [0.29, 0.717) is 6.42 Å². The van der Waals surface area contributed by atoms with E-state index in [9.17, 15) is 35.9 Å². The lowest BCUT2D eigenvalue weighted by Crippen LogP contribution is -2.45. The van der Waals surface area contributed by atoms with E-state index in [0.717, 1.165) is 37.8 Å². The van der Waals surface area contributed by atoms with E-state index in [1.165, 1.54) is 0 Å². The number of hydrogen-bond acceptors (Lipinski definition) is 5. The summed E-state index contributed by atoms with van der Waals surface area (Å²) in [6.45, 7) is -3.72. The summed E-state index contributed by atoms with van der Waals surface area (Å²) in [7, 11) is 0. The minimum absolute atomic E-state index is 0.0442. The molecule has 0 aliphatic heterocycles. The molecule has 1 aromatic rings. The third-order valence-electron chi connectivity index (χ3n) is 5.22. The van der Waals surface area contributed by atoms with Gasteiger partial charge in [-0.05, 0) is 43.2 Å². The van der Waals surface area contributed by atoms with E-state index < -0.39 is 54.9 Å². The van der Waals surface area contributed by atoms with Crippen LogP contribution in [0.15, 0.2) is 12.1 Å². The smallest absolute Gasteiger partial charge is 0.405 e. The minimum Gasteiger partial charge on any atom is -0.476 e. The Balaban J connectivity index is 1.86. The topological polar surface area (TPSA) is 97.5 Å². The summed E-state index contributed by atoms with van der Waals surface area (Å²) in [5, 5.41) is 2.43. The second-order valence-electron chi connectivity index (χ2n) is 8.47. The Kier molecular flexibility index (Phi) is 7.27. The number of carbonyl (C=O) groups excluding carboxylic acids is 2. The highest BCUT2D eigenvalue weighted by Gasteiger charge is 2.39. The van der Waals surface area contributed by atoms with Crippen LogP contribution in [0.25, 0.3) is 0 Å². The number of ether oxygens (including phenoxy) is 1. The average Bonchev–Trinajstić information content (AvgIpc) is 3.57. The minimum atomic E-state index is -4.92. The monoisotopic (exact) mass is 482 g/mol. The predicted octanol–water partition coefficient (Wildman–Crippen LogP) is 3.19. The predicted molar refractivity (Wildman–Crippen MR) is 105 cm³/mol. The number of anilines is 1. The SMILES string of the molecule is NC(=O)[C@H](CC1CC1)NC(=O)c1ccc(N(CC(F)(F)F)CC(F)(F)F)c(OCC2CC2)n1. The molecule has 0 aromatic carbocycles. The van der Waals surface area contributed by atoms with Crippen LogP contribution in [0.1, 0.15) is 42.6 Å². The first-order valence-corrected chi connectivity index (χ1v) is 10.4. The molecule has 1 aromatic heterocycles. The van der Waals surface area contributed by atoms with Gasteiger partial charge in [0, 0.05) is 0 Å². The fourth-order valence-electron chi connectivity index (χ4n) is 3.21. The van der Waals surface area contributed by atoms with Crippen LogP contribution >= 0.6 is 0 Å². The van der Waals surface area contributed by atoms with Crippen LogP contribution in [0.4, 0.5) is 32.0 Å². The van der Waals surface area contributed by atoms with Gasteiger partial charge in [0.1, 0.15) is 30.5 Å². The molecule has 2 aliphatic carbocycles. The highest BCUT2D eigenvalue weighted by atomic mass is 19.4. The summed E-state index contributed by atoms with van der Waals surface area (Å²) in [5.74, 6) is -1.72. The number of hydrogen-bond donors (Lipinski definition) is 2. The Labute approximate surface area is 185 Å². The van der Waals surface area contributed by atoms with Gasteiger partial charge in [-0.25, -0.2) is 4.98 Å². The largest absolute Gasteiger partial charge is 0.476 e. The summed E-state index contributed by atoms with van der Waals surface area (Å²) >= 11 is 0. The maximum atomic E-state index is 13.0. The van der Waals surface area contributed by atoms with Gasteiger partial charge in [0.15, 0.2) is 0 Å². The number of aromatic nitrogens is 1. The number of nitrogens with two attached hydrogens (primary N) is 1. The molecule has 1 heterocycles. The van der Waals surface area contributed by atoms with Crippen molar-refractivity contribution < 1.29 is 40.7 Å². The summed E-state index contributed by atoms with van der Waals surface area (Å²) in [6, 6.07) is 0.958. The van der Waals surface area contributed by atoms with E-state index in [1.807, 2.05) is 0 Å².